The van der Waals surface area contributed by atoms with Crippen LogP contribution in [-0.2, 0) is 11.2 Å². The predicted molar refractivity (Wildman–Crippen MR) is 55.5 cm³/mol. The molecule has 0 spiro atoms. The van der Waals surface area contributed by atoms with Crippen molar-refractivity contribution in [2.45, 2.75) is 20.3 Å². The highest BCUT2D eigenvalue weighted by molar-refractivity contribution is 5.14. The minimum Gasteiger partial charge on any atom is -0.498 e. The molecule has 0 fully saturated rings. The fourth-order valence-electron chi connectivity index (χ4n) is 1.06. The first-order chi connectivity index (χ1) is 6.33. The van der Waals surface area contributed by atoms with Gasteiger partial charge in [-0.05, 0) is 19.4 Å². The van der Waals surface area contributed by atoms with E-state index >= 15 is 0 Å². The van der Waals surface area contributed by atoms with Gasteiger partial charge in [-0.2, -0.15) is 0 Å². The minimum absolute atomic E-state index is 0.764. The zero-order chi connectivity index (χ0) is 9.52. The number of hydrogen-bond donors (Lipinski definition) is 0. The van der Waals surface area contributed by atoms with Gasteiger partial charge < -0.3 is 4.74 Å². The molecule has 0 amide bonds. The van der Waals surface area contributed by atoms with Crippen molar-refractivity contribution in [3.05, 3.63) is 47.7 Å². The third-order valence-corrected chi connectivity index (χ3v) is 1.97. The van der Waals surface area contributed by atoms with E-state index in [-0.39, 0.29) is 0 Å². The Morgan fingerprint density at radius 1 is 1.31 bits per heavy atom. The summed E-state index contributed by atoms with van der Waals surface area (Å²) in [5, 5.41) is 0. The third kappa shape index (κ3) is 3.79. The molecule has 0 atom stereocenters. The molecule has 1 nitrogen and oxygen atoms in total. The summed E-state index contributed by atoms with van der Waals surface area (Å²) in [4.78, 5) is 0. The molecule has 0 saturated carbocycles. The Balaban J connectivity index is 2.28. The van der Waals surface area contributed by atoms with Crippen molar-refractivity contribution >= 4 is 0 Å². The molecule has 0 aliphatic carbocycles. The van der Waals surface area contributed by atoms with E-state index in [1.54, 1.807) is 0 Å². The first-order valence-corrected chi connectivity index (χ1v) is 4.62. The molecule has 0 saturated heterocycles. The van der Waals surface area contributed by atoms with Gasteiger partial charge >= 0.3 is 0 Å². The molecule has 0 radical (unpaired) electrons. The van der Waals surface area contributed by atoms with E-state index in [4.69, 9.17) is 4.74 Å². The molecule has 1 heteroatoms. The van der Waals surface area contributed by atoms with Crippen molar-refractivity contribution in [2.75, 3.05) is 6.61 Å². The van der Waals surface area contributed by atoms with Gasteiger partial charge in [-0.15, -0.1) is 0 Å². The first-order valence-electron chi connectivity index (χ1n) is 4.62. The second-order valence-corrected chi connectivity index (χ2v) is 2.98. The maximum atomic E-state index is 5.46. The maximum absolute atomic E-state index is 5.46. The van der Waals surface area contributed by atoms with Crippen LogP contribution in [0.15, 0.2) is 42.2 Å². The molecule has 1 rings (SSSR count). The van der Waals surface area contributed by atoms with E-state index in [1.165, 1.54) is 5.56 Å². The molecule has 0 aromatic heterocycles. The van der Waals surface area contributed by atoms with E-state index in [0.717, 1.165) is 18.8 Å². The van der Waals surface area contributed by atoms with Crippen LogP contribution in [0, 0.1) is 0 Å². The number of ether oxygens (including phenoxy) is 1. The molecule has 0 heterocycles. The van der Waals surface area contributed by atoms with E-state index < -0.39 is 0 Å². The smallest absolute Gasteiger partial charge is 0.0917 e. The standard InChI is InChI=1S/C12H16O/c1-3-11(2)13-10-9-12-7-5-4-6-8-12/h3-8H,9-10H2,1-2H3/b11-3+. The van der Waals surface area contributed by atoms with E-state index in [2.05, 4.69) is 24.3 Å². The summed E-state index contributed by atoms with van der Waals surface area (Å²) in [6.07, 6.45) is 2.96. The van der Waals surface area contributed by atoms with Gasteiger partial charge in [-0.25, -0.2) is 0 Å². The molecule has 13 heavy (non-hydrogen) atoms. The average molecular weight is 176 g/mol. The van der Waals surface area contributed by atoms with E-state index in [9.17, 15) is 0 Å². The lowest BCUT2D eigenvalue weighted by Gasteiger charge is -2.05. The van der Waals surface area contributed by atoms with Crippen molar-refractivity contribution < 1.29 is 4.74 Å². The van der Waals surface area contributed by atoms with Crippen LogP contribution in [0.25, 0.3) is 0 Å². The Bertz CT molecular complexity index is 262. The van der Waals surface area contributed by atoms with Crippen LogP contribution >= 0.6 is 0 Å². The Morgan fingerprint density at radius 2 is 2.00 bits per heavy atom. The largest absolute Gasteiger partial charge is 0.498 e. The molecule has 1 aromatic carbocycles. The fraction of sp³-hybridized carbons (Fsp3) is 0.333. The van der Waals surface area contributed by atoms with Crippen molar-refractivity contribution in [1.29, 1.82) is 0 Å². The van der Waals surface area contributed by atoms with Gasteiger partial charge in [0.2, 0.25) is 0 Å². The minimum atomic E-state index is 0.764. The number of rotatable bonds is 4. The fourth-order valence-corrected chi connectivity index (χ4v) is 1.06. The zero-order valence-electron chi connectivity index (χ0n) is 8.29. The lowest BCUT2D eigenvalue weighted by molar-refractivity contribution is 0.217. The SMILES string of the molecule is C/C=C(\C)OCCc1ccccc1. The second kappa shape index (κ2) is 5.41. The van der Waals surface area contributed by atoms with Crippen LogP contribution in [0.5, 0.6) is 0 Å². The van der Waals surface area contributed by atoms with Crippen LogP contribution in [0.3, 0.4) is 0 Å². The second-order valence-electron chi connectivity index (χ2n) is 2.98. The van der Waals surface area contributed by atoms with Crippen LogP contribution in [0.1, 0.15) is 19.4 Å². The molecule has 0 aliphatic rings. The Hall–Kier alpha value is -1.24. The Morgan fingerprint density at radius 3 is 2.62 bits per heavy atom. The van der Waals surface area contributed by atoms with Gasteiger partial charge in [0.25, 0.3) is 0 Å². The predicted octanol–water partition coefficient (Wildman–Crippen LogP) is 3.17. The van der Waals surface area contributed by atoms with E-state index in [0.29, 0.717) is 0 Å². The molecular weight excluding hydrogens is 160 g/mol. The van der Waals surface area contributed by atoms with Crippen molar-refractivity contribution in [2.24, 2.45) is 0 Å². The molecule has 0 bridgehead atoms. The number of benzene rings is 1. The molecule has 1 aromatic rings. The summed E-state index contributed by atoms with van der Waals surface area (Å²) in [5.74, 6) is 0.996. The normalized spacial score (nSPS) is 11.4. The van der Waals surface area contributed by atoms with Gasteiger partial charge in [-0.3, -0.25) is 0 Å². The highest BCUT2D eigenvalue weighted by Gasteiger charge is 1.91. The molecule has 70 valence electrons. The van der Waals surface area contributed by atoms with Gasteiger partial charge in [0, 0.05) is 6.42 Å². The lowest BCUT2D eigenvalue weighted by atomic mass is 10.2. The number of hydrogen-bond acceptors (Lipinski definition) is 1. The first kappa shape index (κ1) is 9.85. The summed E-state index contributed by atoms with van der Waals surface area (Å²) < 4.78 is 5.46. The summed E-state index contributed by atoms with van der Waals surface area (Å²) in [6.45, 7) is 4.73. The lowest BCUT2D eigenvalue weighted by Crippen LogP contribution is -1.96. The van der Waals surface area contributed by atoms with Crippen LogP contribution in [0.2, 0.25) is 0 Å². The van der Waals surface area contributed by atoms with Crippen LogP contribution < -0.4 is 0 Å². The monoisotopic (exact) mass is 176 g/mol. The quantitative estimate of drug-likeness (QED) is 0.640. The third-order valence-electron chi connectivity index (χ3n) is 1.97. The van der Waals surface area contributed by atoms with Crippen molar-refractivity contribution in [3.63, 3.8) is 0 Å². The highest BCUT2D eigenvalue weighted by atomic mass is 16.5. The van der Waals surface area contributed by atoms with Crippen LogP contribution in [-0.4, -0.2) is 6.61 Å². The van der Waals surface area contributed by atoms with E-state index in [1.807, 2.05) is 26.0 Å². The highest BCUT2D eigenvalue weighted by Crippen LogP contribution is 2.01. The van der Waals surface area contributed by atoms with Gasteiger partial charge in [0.15, 0.2) is 0 Å². The zero-order valence-corrected chi connectivity index (χ0v) is 8.29. The Labute approximate surface area is 80.0 Å². The summed E-state index contributed by atoms with van der Waals surface area (Å²) >= 11 is 0. The molecule has 0 N–H and O–H groups in total. The van der Waals surface area contributed by atoms with Crippen molar-refractivity contribution in [3.8, 4) is 0 Å². The average Bonchev–Trinajstić information content (AvgIpc) is 2.19. The summed E-state index contributed by atoms with van der Waals surface area (Å²) in [5.41, 5.74) is 1.33. The molecule has 0 aliphatic heterocycles. The van der Waals surface area contributed by atoms with Gasteiger partial charge in [0.05, 0.1) is 12.4 Å². The van der Waals surface area contributed by atoms with Crippen molar-refractivity contribution in [1.82, 2.24) is 0 Å². The van der Waals surface area contributed by atoms with Crippen LogP contribution in [0.4, 0.5) is 0 Å². The maximum Gasteiger partial charge on any atom is 0.0917 e. The van der Waals surface area contributed by atoms with Gasteiger partial charge in [-0.1, -0.05) is 36.4 Å². The molecular formula is C12H16O. The Kier molecular flexibility index (Phi) is 4.10. The topological polar surface area (TPSA) is 9.23 Å². The molecule has 0 unspecified atom stereocenters. The summed E-state index contributed by atoms with van der Waals surface area (Å²) in [6, 6.07) is 10.4. The number of allylic oxidation sites excluding steroid dienone is 2. The summed E-state index contributed by atoms with van der Waals surface area (Å²) in [7, 11) is 0. The van der Waals surface area contributed by atoms with Gasteiger partial charge in [0.1, 0.15) is 0 Å².